The zero-order chi connectivity index (χ0) is 25.4. The number of hydrogen-bond acceptors (Lipinski definition) is 3. The molecule has 182 valence electrons. The highest BCUT2D eigenvalue weighted by Gasteiger charge is 2.41. The number of benzene rings is 2. The first-order chi connectivity index (χ1) is 17.3. The molecule has 0 saturated carbocycles. The van der Waals surface area contributed by atoms with Gasteiger partial charge in [0, 0.05) is 29.8 Å². The molecule has 0 amide bonds. The van der Waals surface area contributed by atoms with Crippen molar-refractivity contribution in [3.05, 3.63) is 118 Å². The summed E-state index contributed by atoms with van der Waals surface area (Å²) >= 11 is 5.85. The summed E-state index contributed by atoms with van der Waals surface area (Å²) in [4.78, 5) is 18.6. The fourth-order valence-electron chi connectivity index (χ4n) is 5.14. The predicted octanol–water partition coefficient (Wildman–Crippen LogP) is 5.67. The summed E-state index contributed by atoms with van der Waals surface area (Å²) in [7, 11) is 0. The number of aromatic nitrogens is 2. The third kappa shape index (κ3) is 4.27. The minimum Gasteiger partial charge on any atom is -0.478 e. The van der Waals surface area contributed by atoms with Crippen LogP contribution in [0.25, 0.3) is 5.69 Å². The van der Waals surface area contributed by atoms with Gasteiger partial charge in [-0.05, 0) is 80.0 Å². The van der Waals surface area contributed by atoms with Crippen molar-refractivity contribution in [1.82, 2.24) is 19.8 Å². The van der Waals surface area contributed by atoms with Gasteiger partial charge >= 0.3 is 5.97 Å². The summed E-state index contributed by atoms with van der Waals surface area (Å²) in [6.07, 6.45) is 1.81. The summed E-state index contributed by atoms with van der Waals surface area (Å²) in [5.41, 5.74) is 7.46. The zero-order valence-electron chi connectivity index (χ0n) is 20.5. The van der Waals surface area contributed by atoms with Crippen molar-refractivity contribution < 1.29 is 9.90 Å². The van der Waals surface area contributed by atoms with Gasteiger partial charge in [-0.25, -0.2) is 4.79 Å². The largest absolute Gasteiger partial charge is 0.478 e. The van der Waals surface area contributed by atoms with Gasteiger partial charge in [0.15, 0.2) is 5.11 Å². The van der Waals surface area contributed by atoms with Crippen molar-refractivity contribution in [2.75, 3.05) is 0 Å². The van der Waals surface area contributed by atoms with Gasteiger partial charge in [0.1, 0.15) is 0 Å². The van der Waals surface area contributed by atoms with Gasteiger partial charge in [0.25, 0.3) is 0 Å². The average Bonchev–Trinajstić information content (AvgIpc) is 3.35. The van der Waals surface area contributed by atoms with E-state index in [0.29, 0.717) is 11.7 Å². The number of rotatable bonds is 6. The van der Waals surface area contributed by atoms with E-state index in [1.807, 2.05) is 49.4 Å². The van der Waals surface area contributed by atoms with Crippen LogP contribution in [0.1, 0.15) is 56.2 Å². The fraction of sp³-hybridized carbons (Fsp3) is 0.207. The standard InChI is InChI=1S/C29H28N4O2S/c1-18-12-13-22(28(34)35)16-25(18)33-19(2)15-23(20(33)3)27-26(24-11-7-8-14-30-24)31-29(36)32(27)17-21-9-5-4-6-10-21/h4-16,26-27H,17H2,1-3H3,(H,31,36)(H,34,35)/t26-,27+/m0/s1. The summed E-state index contributed by atoms with van der Waals surface area (Å²) in [6, 6.07) is 23.5. The van der Waals surface area contributed by atoms with E-state index >= 15 is 0 Å². The van der Waals surface area contributed by atoms with Crippen molar-refractivity contribution >= 4 is 23.3 Å². The second-order valence-corrected chi connectivity index (χ2v) is 9.60. The van der Waals surface area contributed by atoms with Gasteiger partial charge in [0.2, 0.25) is 0 Å². The highest BCUT2D eigenvalue weighted by Crippen LogP contribution is 2.42. The summed E-state index contributed by atoms with van der Waals surface area (Å²) in [6.45, 7) is 6.82. The monoisotopic (exact) mass is 496 g/mol. The third-order valence-electron chi connectivity index (χ3n) is 6.88. The number of hydrogen-bond donors (Lipinski definition) is 2. The molecule has 2 aromatic heterocycles. The van der Waals surface area contributed by atoms with E-state index in [1.54, 1.807) is 18.3 Å². The van der Waals surface area contributed by atoms with Crippen LogP contribution < -0.4 is 5.32 Å². The average molecular weight is 497 g/mol. The van der Waals surface area contributed by atoms with Crippen molar-refractivity contribution in [1.29, 1.82) is 0 Å². The van der Waals surface area contributed by atoms with Gasteiger partial charge in [-0.3, -0.25) is 4.98 Å². The number of aryl methyl sites for hydroxylation is 2. The maximum Gasteiger partial charge on any atom is 0.335 e. The summed E-state index contributed by atoms with van der Waals surface area (Å²) in [5.74, 6) is -0.937. The van der Waals surface area contributed by atoms with Crippen molar-refractivity contribution in [3.63, 3.8) is 0 Å². The molecule has 7 heteroatoms. The Morgan fingerprint density at radius 2 is 1.78 bits per heavy atom. The molecule has 5 rings (SSSR count). The maximum atomic E-state index is 11.7. The van der Waals surface area contributed by atoms with Crippen LogP contribution in [0.4, 0.5) is 0 Å². The Balaban J connectivity index is 1.64. The molecule has 1 saturated heterocycles. The Labute approximate surface area is 216 Å². The molecule has 0 aliphatic carbocycles. The second-order valence-electron chi connectivity index (χ2n) is 9.21. The summed E-state index contributed by atoms with van der Waals surface area (Å²) < 4.78 is 2.15. The molecular weight excluding hydrogens is 468 g/mol. The van der Waals surface area contributed by atoms with Crippen LogP contribution >= 0.6 is 12.2 Å². The molecule has 3 heterocycles. The number of aromatic carboxylic acids is 1. The highest BCUT2D eigenvalue weighted by atomic mass is 32.1. The van der Waals surface area contributed by atoms with Crippen LogP contribution in [0.2, 0.25) is 0 Å². The zero-order valence-corrected chi connectivity index (χ0v) is 21.3. The molecular formula is C29H28N4O2S. The molecule has 2 atom stereocenters. The minimum absolute atomic E-state index is 0.0875. The lowest BCUT2D eigenvalue weighted by atomic mass is 9.96. The van der Waals surface area contributed by atoms with E-state index in [9.17, 15) is 9.90 Å². The third-order valence-corrected chi connectivity index (χ3v) is 7.23. The molecule has 6 nitrogen and oxygen atoms in total. The first kappa shape index (κ1) is 23.8. The van der Waals surface area contributed by atoms with Crippen LogP contribution in [-0.4, -0.2) is 30.6 Å². The van der Waals surface area contributed by atoms with E-state index in [1.165, 1.54) is 5.56 Å². The van der Waals surface area contributed by atoms with Crippen LogP contribution in [0.3, 0.4) is 0 Å². The van der Waals surface area contributed by atoms with E-state index in [0.717, 1.165) is 33.9 Å². The number of pyridine rings is 1. The van der Waals surface area contributed by atoms with Crippen molar-refractivity contribution in [3.8, 4) is 5.69 Å². The molecule has 4 aromatic rings. The molecule has 1 aliphatic rings. The number of nitrogens with zero attached hydrogens (tertiary/aromatic N) is 3. The lowest BCUT2D eigenvalue weighted by molar-refractivity contribution is 0.0697. The molecule has 1 fully saturated rings. The molecule has 0 radical (unpaired) electrons. The smallest absolute Gasteiger partial charge is 0.335 e. The first-order valence-electron chi connectivity index (χ1n) is 11.9. The SMILES string of the molecule is Cc1ccc(C(=O)O)cc1-n1c(C)cc([C@@H]2[C@H](c3ccccn3)NC(=S)N2Cc2ccccc2)c1C. The van der Waals surface area contributed by atoms with Gasteiger partial charge < -0.3 is 19.9 Å². The van der Waals surface area contributed by atoms with E-state index in [2.05, 4.69) is 51.8 Å². The maximum absolute atomic E-state index is 11.7. The van der Waals surface area contributed by atoms with Crippen LogP contribution in [0, 0.1) is 20.8 Å². The molecule has 1 aliphatic heterocycles. The Hall–Kier alpha value is -3.97. The molecule has 2 N–H and O–H groups in total. The number of carbonyl (C=O) groups is 1. The normalized spacial score (nSPS) is 17.3. The molecule has 0 bridgehead atoms. The second kappa shape index (κ2) is 9.59. The minimum atomic E-state index is -0.937. The Morgan fingerprint density at radius 1 is 1.03 bits per heavy atom. The number of carboxylic acids is 1. The quantitative estimate of drug-likeness (QED) is 0.335. The number of nitrogens with one attached hydrogen (secondary N) is 1. The van der Waals surface area contributed by atoms with Gasteiger partial charge in [-0.1, -0.05) is 42.5 Å². The topological polar surface area (TPSA) is 70.4 Å². The highest BCUT2D eigenvalue weighted by molar-refractivity contribution is 7.80. The first-order valence-corrected chi connectivity index (χ1v) is 12.3. The Morgan fingerprint density at radius 3 is 2.47 bits per heavy atom. The van der Waals surface area contributed by atoms with Gasteiger partial charge in [0.05, 0.1) is 23.3 Å². The van der Waals surface area contributed by atoms with Crippen molar-refractivity contribution in [2.24, 2.45) is 0 Å². The van der Waals surface area contributed by atoms with Crippen molar-refractivity contribution in [2.45, 2.75) is 39.4 Å². The van der Waals surface area contributed by atoms with E-state index in [4.69, 9.17) is 12.2 Å². The number of carboxylic acid groups (broad SMARTS) is 1. The summed E-state index contributed by atoms with van der Waals surface area (Å²) in [5, 5.41) is 13.8. The lowest BCUT2D eigenvalue weighted by Gasteiger charge is -2.28. The van der Waals surface area contributed by atoms with Gasteiger partial charge in [-0.15, -0.1) is 0 Å². The van der Waals surface area contributed by atoms with Gasteiger partial charge in [-0.2, -0.15) is 0 Å². The Bertz CT molecular complexity index is 1430. The molecule has 0 unspecified atom stereocenters. The van der Waals surface area contributed by atoms with E-state index < -0.39 is 5.97 Å². The fourth-order valence-corrected chi connectivity index (χ4v) is 5.44. The van der Waals surface area contributed by atoms with Crippen LogP contribution in [0.15, 0.2) is 79.0 Å². The van der Waals surface area contributed by atoms with Crippen LogP contribution in [0.5, 0.6) is 0 Å². The lowest BCUT2D eigenvalue weighted by Crippen LogP contribution is -2.29. The van der Waals surface area contributed by atoms with E-state index in [-0.39, 0.29) is 17.6 Å². The molecule has 36 heavy (non-hydrogen) atoms. The van der Waals surface area contributed by atoms with Crippen LogP contribution in [-0.2, 0) is 6.54 Å². The predicted molar refractivity (Wildman–Crippen MR) is 144 cm³/mol. The molecule has 2 aromatic carbocycles. The molecule has 0 spiro atoms. The number of thiocarbonyl (C=S) groups is 1. The Kier molecular flexibility index (Phi) is 6.33.